The molecular formula is C20H24F2N6O3. The first-order valence-electron chi connectivity index (χ1n) is 10.1. The van der Waals surface area contributed by atoms with Gasteiger partial charge in [0.15, 0.2) is 5.82 Å². The molecule has 0 aliphatic carbocycles. The average molecular weight is 434 g/mol. The molecule has 0 unspecified atom stereocenters. The van der Waals surface area contributed by atoms with Crippen molar-refractivity contribution in [1.82, 2.24) is 15.1 Å². The van der Waals surface area contributed by atoms with Gasteiger partial charge in [0.05, 0.1) is 25.1 Å². The fraction of sp³-hybridized carbons (Fsp3) is 0.450. The predicted octanol–water partition coefficient (Wildman–Crippen LogP) is 2.27. The zero-order valence-electron chi connectivity index (χ0n) is 16.9. The number of amides is 2. The minimum atomic E-state index is -2.91. The fourth-order valence-electron chi connectivity index (χ4n) is 3.59. The quantitative estimate of drug-likeness (QED) is 0.773. The first-order chi connectivity index (χ1) is 15.1. The number of alkyl halides is 2. The number of nitrogens with zero attached hydrogens (tertiary/aromatic N) is 5. The number of nitrogens with one attached hydrogen (secondary N) is 1. The summed E-state index contributed by atoms with van der Waals surface area (Å²) in [7, 11) is 0. The number of carbonyl (C=O) groups excluding carboxylic acids is 1. The summed E-state index contributed by atoms with van der Waals surface area (Å²) in [6.45, 7) is 2.36. The maximum absolute atomic E-state index is 12.6. The molecule has 3 heterocycles. The number of hydrogen-bond donors (Lipinski definition) is 1. The second kappa shape index (κ2) is 9.73. The second-order valence-corrected chi connectivity index (χ2v) is 7.18. The topological polar surface area (TPSA) is 83.1 Å². The number of benzene rings is 1. The molecule has 2 aromatic rings. The van der Waals surface area contributed by atoms with Crippen molar-refractivity contribution in [2.24, 2.45) is 0 Å². The molecule has 2 aliphatic heterocycles. The second-order valence-electron chi connectivity index (χ2n) is 7.18. The van der Waals surface area contributed by atoms with E-state index in [9.17, 15) is 13.6 Å². The van der Waals surface area contributed by atoms with Crippen molar-refractivity contribution in [3.8, 4) is 5.75 Å². The molecule has 1 aromatic carbocycles. The highest BCUT2D eigenvalue weighted by Gasteiger charge is 2.23. The van der Waals surface area contributed by atoms with E-state index in [4.69, 9.17) is 4.74 Å². The predicted molar refractivity (Wildman–Crippen MR) is 111 cm³/mol. The Labute approximate surface area is 178 Å². The Kier molecular flexibility index (Phi) is 6.60. The third kappa shape index (κ3) is 5.48. The maximum atomic E-state index is 12.6. The summed E-state index contributed by atoms with van der Waals surface area (Å²) in [4.78, 5) is 18.6. The Morgan fingerprint density at radius 1 is 1.06 bits per heavy atom. The van der Waals surface area contributed by atoms with Gasteiger partial charge < -0.3 is 29.5 Å². The Hall–Kier alpha value is -3.21. The first-order valence-corrected chi connectivity index (χ1v) is 10.1. The van der Waals surface area contributed by atoms with E-state index >= 15 is 0 Å². The van der Waals surface area contributed by atoms with Crippen molar-refractivity contribution in [2.75, 3.05) is 67.6 Å². The molecule has 0 bridgehead atoms. The smallest absolute Gasteiger partial charge is 0.387 e. The van der Waals surface area contributed by atoms with Crippen molar-refractivity contribution < 1.29 is 23.0 Å². The van der Waals surface area contributed by atoms with Gasteiger partial charge in [0, 0.05) is 57.1 Å². The summed E-state index contributed by atoms with van der Waals surface area (Å²) in [5.41, 5.74) is 1.41. The van der Waals surface area contributed by atoms with Crippen LogP contribution in [0.2, 0.25) is 0 Å². The van der Waals surface area contributed by atoms with E-state index in [1.807, 2.05) is 6.07 Å². The number of ether oxygens (including phenoxy) is 2. The average Bonchev–Trinajstić information content (AvgIpc) is 2.80. The van der Waals surface area contributed by atoms with Crippen molar-refractivity contribution in [3.63, 3.8) is 0 Å². The third-order valence-electron chi connectivity index (χ3n) is 5.20. The Morgan fingerprint density at radius 2 is 1.84 bits per heavy atom. The molecule has 0 spiro atoms. The van der Waals surface area contributed by atoms with Crippen LogP contribution in [0.1, 0.15) is 0 Å². The number of anilines is 3. The molecule has 0 atom stereocenters. The molecular weight excluding hydrogens is 410 g/mol. The molecule has 0 saturated carbocycles. The van der Waals surface area contributed by atoms with Crippen LogP contribution in [0.25, 0.3) is 0 Å². The number of hydrogen-bond acceptors (Lipinski definition) is 7. The van der Waals surface area contributed by atoms with Gasteiger partial charge in [-0.3, -0.25) is 0 Å². The normalized spacial score (nSPS) is 17.1. The molecule has 1 N–H and O–H groups in total. The van der Waals surface area contributed by atoms with E-state index < -0.39 is 6.61 Å². The minimum Gasteiger partial charge on any atom is -0.435 e. The van der Waals surface area contributed by atoms with Crippen molar-refractivity contribution in [2.45, 2.75) is 6.61 Å². The van der Waals surface area contributed by atoms with E-state index in [-0.39, 0.29) is 11.8 Å². The van der Waals surface area contributed by atoms with Gasteiger partial charge in [-0.2, -0.15) is 13.9 Å². The van der Waals surface area contributed by atoms with Gasteiger partial charge in [0.25, 0.3) is 0 Å². The summed E-state index contributed by atoms with van der Waals surface area (Å²) < 4.78 is 34.5. The molecule has 166 valence electrons. The van der Waals surface area contributed by atoms with Gasteiger partial charge in [0.2, 0.25) is 0 Å². The molecule has 2 amide bonds. The molecule has 0 radical (unpaired) electrons. The molecule has 4 rings (SSSR count). The SMILES string of the molecule is O=C(Nc1cccc(OC(F)F)c1)N1CCN(c2cc(N3CCOCC3)cnn2)CC1. The zero-order chi connectivity index (χ0) is 21.6. The number of piperazine rings is 1. The summed E-state index contributed by atoms with van der Waals surface area (Å²) >= 11 is 0. The van der Waals surface area contributed by atoms with Gasteiger partial charge in [-0.25, -0.2) is 4.79 Å². The molecule has 2 aliphatic rings. The van der Waals surface area contributed by atoms with E-state index in [0.29, 0.717) is 45.1 Å². The highest BCUT2D eigenvalue weighted by Crippen LogP contribution is 2.22. The number of morpholine rings is 1. The first kappa shape index (κ1) is 21.0. The standard InChI is InChI=1S/C20H24F2N6O3/c21-19(22)31-17-3-1-2-15(12-17)24-20(29)28-6-4-27(5-7-28)18-13-16(14-23-25-18)26-8-10-30-11-9-26/h1-3,12-14,19H,4-11H2,(H,24,29). The van der Waals surface area contributed by atoms with Crippen molar-refractivity contribution in [3.05, 3.63) is 36.5 Å². The number of urea groups is 1. The largest absolute Gasteiger partial charge is 0.435 e. The van der Waals surface area contributed by atoms with Crippen LogP contribution in [0.5, 0.6) is 5.75 Å². The van der Waals surface area contributed by atoms with Gasteiger partial charge in [-0.05, 0) is 12.1 Å². The summed E-state index contributed by atoms with van der Waals surface area (Å²) in [6.07, 6.45) is 1.75. The molecule has 2 saturated heterocycles. The Balaban J connectivity index is 1.32. The van der Waals surface area contributed by atoms with Gasteiger partial charge in [-0.1, -0.05) is 6.07 Å². The molecule has 11 heteroatoms. The lowest BCUT2D eigenvalue weighted by atomic mass is 10.3. The van der Waals surface area contributed by atoms with E-state index in [2.05, 4.69) is 30.1 Å². The van der Waals surface area contributed by atoms with Gasteiger partial charge in [-0.15, -0.1) is 5.10 Å². The highest BCUT2D eigenvalue weighted by atomic mass is 19.3. The minimum absolute atomic E-state index is 0.00339. The summed E-state index contributed by atoms with van der Waals surface area (Å²) in [5, 5.41) is 11.1. The van der Waals surface area contributed by atoms with Gasteiger partial charge in [0.1, 0.15) is 5.75 Å². The highest BCUT2D eigenvalue weighted by molar-refractivity contribution is 5.89. The Bertz CT molecular complexity index is 889. The zero-order valence-corrected chi connectivity index (χ0v) is 16.9. The fourth-order valence-corrected chi connectivity index (χ4v) is 3.59. The lowest BCUT2D eigenvalue weighted by Crippen LogP contribution is -2.50. The monoisotopic (exact) mass is 434 g/mol. The van der Waals surface area contributed by atoms with Crippen LogP contribution in [0.4, 0.5) is 30.8 Å². The number of carbonyl (C=O) groups is 1. The summed E-state index contributed by atoms with van der Waals surface area (Å²) in [6, 6.07) is 7.68. The van der Waals surface area contributed by atoms with Crippen LogP contribution in [-0.4, -0.2) is 80.2 Å². The van der Waals surface area contributed by atoms with Crippen LogP contribution < -0.4 is 19.9 Å². The van der Waals surface area contributed by atoms with Crippen LogP contribution >= 0.6 is 0 Å². The number of halogens is 2. The van der Waals surface area contributed by atoms with E-state index in [1.165, 1.54) is 12.1 Å². The number of rotatable bonds is 5. The lowest BCUT2D eigenvalue weighted by Gasteiger charge is -2.35. The van der Waals surface area contributed by atoms with E-state index in [1.54, 1.807) is 23.2 Å². The van der Waals surface area contributed by atoms with Crippen LogP contribution in [0.3, 0.4) is 0 Å². The van der Waals surface area contributed by atoms with E-state index in [0.717, 1.165) is 24.6 Å². The van der Waals surface area contributed by atoms with Crippen LogP contribution in [0.15, 0.2) is 36.5 Å². The molecule has 31 heavy (non-hydrogen) atoms. The third-order valence-corrected chi connectivity index (χ3v) is 5.20. The Morgan fingerprint density at radius 3 is 2.58 bits per heavy atom. The molecule has 2 fully saturated rings. The van der Waals surface area contributed by atoms with Crippen LogP contribution in [0, 0.1) is 0 Å². The molecule has 1 aromatic heterocycles. The van der Waals surface area contributed by atoms with Gasteiger partial charge >= 0.3 is 12.6 Å². The maximum Gasteiger partial charge on any atom is 0.387 e. The number of aromatic nitrogens is 2. The van der Waals surface area contributed by atoms with Crippen molar-refractivity contribution >= 4 is 23.2 Å². The van der Waals surface area contributed by atoms with Crippen molar-refractivity contribution in [1.29, 1.82) is 0 Å². The lowest BCUT2D eigenvalue weighted by molar-refractivity contribution is -0.0498. The molecule has 9 nitrogen and oxygen atoms in total. The summed E-state index contributed by atoms with van der Waals surface area (Å²) in [5.74, 6) is 0.775. The van der Waals surface area contributed by atoms with Crippen LogP contribution in [-0.2, 0) is 4.74 Å².